The zero-order valence-corrected chi connectivity index (χ0v) is 17.6. The Hall–Kier alpha value is -2.07. The Morgan fingerprint density at radius 1 is 1.50 bits per heavy atom. The van der Waals surface area contributed by atoms with Crippen LogP contribution in [-0.2, 0) is 4.74 Å². The maximum Gasteiger partial charge on any atom is 0.318 e. The Kier molecular flexibility index (Phi) is 6.95. The van der Waals surface area contributed by atoms with Gasteiger partial charge in [0.1, 0.15) is 5.01 Å². The normalized spacial score (nSPS) is 17.1. The van der Waals surface area contributed by atoms with Crippen LogP contribution < -0.4 is 5.32 Å². The number of rotatable bonds is 6. The van der Waals surface area contributed by atoms with Crippen LogP contribution >= 0.6 is 22.9 Å². The van der Waals surface area contributed by atoms with Crippen molar-refractivity contribution in [2.75, 3.05) is 19.7 Å². The third-order valence-corrected chi connectivity index (χ3v) is 6.32. The summed E-state index contributed by atoms with van der Waals surface area (Å²) in [6, 6.07) is 7.24. The number of hydrogen-bond acceptors (Lipinski definition) is 4. The van der Waals surface area contributed by atoms with E-state index in [-0.39, 0.29) is 24.7 Å². The number of aryl methyl sites for hydroxylation is 1. The molecule has 0 unspecified atom stereocenters. The van der Waals surface area contributed by atoms with Crippen molar-refractivity contribution in [3.8, 4) is 22.9 Å². The van der Waals surface area contributed by atoms with E-state index in [0.29, 0.717) is 11.6 Å². The fourth-order valence-corrected chi connectivity index (χ4v) is 4.43. The lowest BCUT2D eigenvalue weighted by molar-refractivity contribution is 0.0842. The molecule has 0 spiro atoms. The van der Waals surface area contributed by atoms with Crippen molar-refractivity contribution in [1.29, 1.82) is 0 Å². The molecule has 1 aromatic carbocycles. The summed E-state index contributed by atoms with van der Waals surface area (Å²) >= 11 is 7.54. The van der Waals surface area contributed by atoms with Crippen molar-refractivity contribution in [1.82, 2.24) is 15.2 Å². The van der Waals surface area contributed by atoms with Crippen molar-refractivity contribution in [3.05, 3.63) is 39.9 Å². The standard InChI is InChI=1S/C21H24ClN3O2S/c1-4-11-25(13-18-6-5-12-27-18)21(26)24-15(3)19-14(2)23-20(28-19)16-7-9-17(22)10-8-16/h1,7-10,15,18H,5-6,11-13H2,2-3H3,(H,24,26)/t15-,18+/m0/s1. The Bertz CT molecular complexity index is 854. The van der Waals surface area contributed by atoms with E-state index in [1.165, 1.54) is 0 Å². The predicted molar refractivity (Wildman–Crippen MR) is 114 cm³/mol. The highest BCUT2D eigenvalue weighted by molar-refractivity contribution is 7.15. The molecule has 1 N–H and O–H groups in total. The quantitative estimate of drug-likeness (QED) is 0.695. The predicted octanol–water partition coefficient (Wildman–Crippen LogP) is 4.66. The van der Waals surface area contributed by atoms with Crippen molar-refractivity contribution < 1.29 is 9.53 Å². The molecule has 148 valence electrons. The average Bonchev–Trinajstić information content (AvgIpc) is 3.31. The first kappa shape index (κ1) is 20.7. The molecular formula is C21H24ClN3O2S. The lowest BCUT2D eigenvalue weighted by Crippen LogP contribution is -2.44. The summed E-state index contributed by atoms with van der Waals surface area (Å²) in [7, 11) is 0. The minimum atomic E-state index is -0.179. The molecule has 2 amide bonds. The van der Waals surface area contributed by atoms with Crippen LogP contribution in [0.4, 0.5) is 4.79 Å². The van der Waals surface area contributed by atoms with Crippen molar-refractivity contribution in [2.45, 2.75) is 38.8 Å². The summed E-state index contributed by atoms with van der Waals surface area (Å²) in [4.78, 5) is 20.1. The molecule has 5 nitrogen and oxygen atoms in total. The van der Waals surface area contributed by atoms with Gasteiger partial charge in [0.25, 0.3) is 0 Å². The summed E-state index contributed by atoms with van der Waals surface area (Å²) in [5, 5.41) is 4.65. The zero-order chi connectivity index (χ0) is 20.1. The molecule has 2 atom stereocenters. The van der Waals surface area contributed by atoms with E-state index in [2.05, 4.69) is 16.2 Å². The topological polar surface area (TPSA) is 54.5 Å². The second-order valence-electron chi connectivity index (χ2n) is 6.87. The maximum absolute atomic E-state index is 12.8. The van der Waals surface area contributed by atoms with E-state index >= 15 is 0 Å². The van der Waals surface area contributed by atoms with Crippen molar-refractivity contribution >= 4 is 29.0 Å². The van der Waals surface area contributed by atoms with Gasteiger partial charge in [0.15, 0.2) is 0 Å². The van der Waals surface area contributed by atoms with Gasteiger partial charge in [-0.05, 0) is 38.8 Å². The van der Waals surface area contributed by atoms with Gasteiger partial charge in [-0.15, -0.1) is 17.8 Å². The Labute approximate surface area is 175 Å². The molecule has 2 heterocycles. The first-order valence-electron chi connectivity index (χ1n) is 9.31. The third kappa shape index (κ3) is 5.05. The van der Waals surface area contributed by atoms with E-state index in [1.807, 2.05) is 38.1 Å². The highest BCUT2D eigenvalue weighted by atomic mass is 35.5. The van der Waals surface area contributed by atoms with Crippen LogP contribution in [0.1, 0.15) is 36.4 Å². The molecule has 1 aromatic heterocycles. The number of carbonyl (C=O) groups is 1. The molecule has 1 aliphatic rings. The minimum absolute atomic E-state index is 0.0658. The maximum atomic E-state index is 12.8. The molecule has 0 radical (unpaired) electrons. The molecular weight excluding hydrogens is 394 g/mol. The van der Waals surface area contributed by atoms with Gasteiger partial charge in [0, 0.05) is 23.7 Å². The number of nitrogens with zero attached hydrogens (tertiary/aromatic N) is 2. The van der Waals surface area contributed by atoms with Crippen LogP contribution in [-0.4, -0.2) is 41.7 Å². The summed E-state index contributed by atoms with van der Waals surface area (Å²) in [6.07, 6.45) is 7.51. The van der Waals surface area contributed by atoms with Gasteiger partial charge in [-0.3, -0.25) is 0 Å². The molecule has 0 bridgehead atoms. The van der Waals surface area contributed by atoms with Crippen LogP contribution in [0.2, 0.25) is 5.02 Å². The Balaban J connectivity index is 1.68. The molecule has 7 heteroatoms. The summed E-state index contributed by atoms with van der Waals surface area (Å²) in [5.41, 5.74) is 1.92. The number of benzene rings is 1. The SMILES string of the molecule is C#CCN(C[C@H]1CCCO1)C(=O)N[C@@H](C)c1sc(-c2ccc(Cl)cc2)nc1C. The fraction of sp³-hybridized carbons (Fsp3) is 0.429. The summed E-state index contributed by atoms with van der Waals surface area (Å²) < 4.78 is 5.64. The fourth-order valence-electron chi connectivity index (χ4n) is 3.23. The van der Waals surface area contributed by atoms with Crippen LogP contribution in [0.3, 0.4) is 0 Å². The molecule has 1 fully saturated rings. The monoisotopic (exact) mass is 417 g/mol. The van der Waals surface area contributed by atoms with Gasteiger partial charge in [0.05, 0.1) is 29.3 Å². The second kappa shape index (κ2) is 9.42. The van der Waals surface area contributed by atoms with Gasteiger partial charge in [-0.25, -0.2) is 9.78 Å². The lowest BCUT2D eigenvalue weighted by atomic mass is 10.2. The highest BCUT2D eigenvalue weighted by Crippen LogP contribution is 2.32. The third-order valence-electron chi connectivity index (χ3n) is 4.67. The molecule has 1 aliphatic heterocycles. The molecule has 1 saturated heterocycles. The molecule has 3 rings (SSSR count). The lowest BCUT2D eigenvalue weighted by Gasteiger charge is -2.25. The zero-order valence-electron chi connectivity index (χ0n) is 16.1. The number of terminal acetylenes is 1. The van der Waals surface area contributed by atoms with Crippen LogP contribution in [0, 0.1) is 19.3 Å². The number of halogens is 1. The molecule has 2 aromatic rings. The first-order chi connectivity index (χ1) is 13.5. The Morgan fingerprint density at radius 3 is 2.89 bits per heavy atom. The smallest absolute Gasteiger partial charge is 0.318 e. The molecule has 0 aliphatic carbocycles. The van der Waals surface area contributed by atoms with Gasteiger partial charge in [-0.2, -0.15) is 0 Å². The highest BCUT2D eigenvalue weighted by Gasteiger charge is 2.24. The number of nitrogens with one attached hydrogen (secondary N) is 1. The van der Waals surface area contributed by atoms with Crippen molar-refractivity contribution in [3.63, 3.8) is 0 Å². The van der Waals surface area contributed by atoms with Gasteiger partial charge >= 0.3 is 6.03 Å². The Morgan fingerprint density at radius 2 is 2.25 bits per heavy atom. The van der Waals surface area contributed by atoms with Gasteiger partial charge in [-0.1, -0.05) is 29.7 Å². The van der Waals surface area contributed by atoms with Crippen LogP contribution in [0.5, 0.6) is 0 Å². The number of thiazole rings is 1. The second-order valence-corrected chi connectivity index (χ2v) is 8.33. The number of aromatic nitrogens is 1. The number of hydrogen-bond donors (Lipinski definition) is 1. The van der Waals surface area contributed by atoms with E-state index in [9.17, 15) is 4.79 Å². The van der Waals surface area contributed by atoms with E-state index < -0.39 is 0 Å². The largest absolute Gasteiger partial charge is 0.376 e. The van der Waals surface area contributed by atoms with Gasteiger partial charge < -0.3 is 15.0 Å². The summed E-state index contributed by atoms with van der Waals surface area (Å²) in [5.74, 6) is 2.57. The van der Waals surface area contributed by atoms with Crippen LogP contribution in [0.25, 0.3) is 10.6 Å². The van der Waals surface area contributed by atoms with E-state index in [1.54, 1.807) is 16.2 Å². The van der Waals surface area contributed by atoms with E-state index in [0.717, 1.165) is 40.6 Å². The number of urea groups is 1. The number of carbonyl (C=O) groups excluding carboxylic acids is 1. The minimum Gasteiger partial charge on any atom is -0.376 e. The molecule has 0 saturated carbocycles. The summed E-state index contributed by atoms with van der Waals surface area (Å²) in [6.45, 7) is 5.44. The van der Waals surface area contributed by atoms with Gasteiger partial charge in [0.2, 0.25) is 0 Å². The average molecular weight is 418 g/mol. The van der Waals surface area contributed by atoms with Crippen LogP contribution in [0.15, 0.2) is 24.3 Å². The number of amides is 2. The van der Waals surface area contributed by atoms with E-state index in [4.69, 9.17) is 22.8 Å². The van der Waals surface area contributed by atoms with Crippen molar-refractivity contribution in [2.24, 2.45) is 0 Å². The number of ether oxygens (including phenoxy) is 1. The molecule has 28 heavy (non-hydrogen) atoms. The first-order valence-corrected chi connectivity index (χ1v) is 10.5.